The molecule has 1 amide bonds. The van der Waals surface area contributed by atoms with E-state index in [1.165, 1.54) is 17.6 Å². The van der Waals surface area contributed by atoms with Crippen LogP contribution in [0.15, 0.2) is 28.2 Å². The molecule has 2 aromatic heterocycles. The Morgan fingerprint density at radius 3 is 3.17 bits per heavy atom. The van der Waals surface area contributed by atoms with Gasteiger partial charge in [-0.05, 0) is 18.4 Å². The SMILES string of the molecule is CC(CO)NC(=O)Cc1coc(-c2cccs2)n1. The molecule has 96 valence electrons. The minimum atomic E-state index is -0.249. The molecule has 5 nitrogen and oxygen atoms in total. The monoisotopic (exact) mass is 266 g/mol. The first-order valence-corrected chi connectivity index (χ1v) is 6.45. The van der Waals surface area contributed by atoms with Gasteiger partial charge in [0.1, 0.15) is 6.26 Å². The van der Waals surface area contributed by atoms with E-state index in [9.17, 15) is 4.79 Å². The fourth-order valence-electron chi connectivity index (χ4n) is 1.44. The smallest absolute Gasteiger partial charge is 0.236 e. The predicted octanol–water partition coefficient (Wildman–Crippen LogP) is 1.44. The highest BCUT2D eigenvalue weighted by Crippen LogP contribution is 2.23. The molecule has 2 heterocycles. The normalized spacial score (nSPS) is 12.3. The molecule has 1 atom stereocenters. The molecular formula is C12H14N2O3S. The van der Waals surface area contributed by atoms with E-state index >= 15 is 0 Å². The van der Waals surface area contributed by atoms with Crippen molar-refractivity contribution in [3.8, 4) is 10.8 Å². The lowest BCUT2D eigenvalue weighted by Crippen LogP contribution is -2.36. The number of carbonyl (C=O) groups excluding carboxylic acids is 1. The molecule has 0 bridgehead atoms. The van der Waals surface area contributed by atoms with Gasteiger partial charge in [-0.3, -0.25) is 4.79 Å². The number of nitrogens with zero attached hydrogens (tertiary/aromatic N) is 1. The number of carbonyl (C=O) groups is 1. The molecule has 0 radical (unpaired) electrons. The van der Waals surface area contributed by atoms with Crippen molar-refractivity contribution in [2.75, 3.05) is 6.61 Å². The number of hydrogen-bond acceptors (Lipinski definition) is 5. The number of aromatic nitrogens is 1. The number of oxazole rings is 1. The second-order valence-electron chi connectivity index (χ2n) is 3.95. The van der Waals surface area contributed by atoms with Crippen molar-refractivity contribution in [3.05, 3.63) is 29.5 Å². The molecule has 18 heavy (non-hydrogen) atoms. The van der Waals surface area contributed by atoms with Crippen molar-refractivity contribution < 1.29 is 14.3 Å². The van der Waals surface area contributed by atoms with Crippen LogP contribution >= 0.6 is 11.3 Å². The second kappa shape index (κ2) is 5.79. The molecule has 0 spiro atoms. The molecule has 0 aliphatic carbocycles. The molecule has 0 saturated carbocycles. The fraction of sp³-hybridized carbons (Fsp3) is 0.333. The molecule has 0 fully saturated rings. The lowest BCUT2D eigenvalue weighted by molar-refractivity contribution is -0.121. The highest BCUT2D eigenvalue weighted by atomic mass is 32.1. The number of amides is 1. The molecule has 2 aromatic rings. The Morgan fingerprint density at radius 2 is 2.50 bits per heavy atom. The van der Waals surface area contributed by atoms with E-state index in [-0.39, 0.29) is 25.0 Å². The summed E-state index contributed by atoms with van der Waals surface area (Å²) in [6, 6.07) is 3.58. The van der Waals surface area contributed by atoms with Crippen LogP contribution < -0.4 is 5.32 Å². The van der Waals surface area contributed by atoms with Gasteiger partial charge in [0.15, 0.2) is 0 Å². The van der Waals surface area contributed by atoms with Gasteiger partial charge in [-0.15, -0.1) is 11.3 Å². The summed E-state index contributed by atoms with van der Waals surface area (Å²) in [5.74, 6) is 0.352. The van der Waals surface area contributed by atoms with Gasteiger partial charge in [0.05, 0.1) is 23.6 Å². The topological polar surface area (TPSA) is 75.4 Å². The summed E-state index contributed by atoms with van der Waals surface area (Å²) >= 11 is 1.53. The van der Waals surface area contributed by atoms with Crippen molar-refractivity contribution in [2.45, 2.75) is 19.4 Å². The molecule has 0 aromatic carbocycles. The van der Waals surface area contributed by atoms with Gasteiger partial charge in [-0.1, -0.05) is 6.07 Å². The zero-order valence-electron chi connectivity index (χ0n) is 9.92. The van der Waals surface area contributed by atoms with Gasteiger partial charge in [0.2, 0.25) is 11.8 Å². The van der Waals surface area contributed by atoms with Crippen LogP contribution in [0, 0.1) is 0 Å². The van der Waals surface area contributed by atoms with Crippen LogP contribution in [0.4, 0.5) is 0 Å². The van der Waals surface area contributed by atoms with E-state index in [4.69, 9.17) is 9.52 Å². The van der Waals surface area contributed by atoms with Gasteiger partial charge in [-0.2, -0.15) is 0 Å². The van der Waals surface area contributed by atoms with E-state index in [1.807, 2.05) is 17.5 Å². The Bertz CT molecular complexity index is 507. The van der Waals surface area contributed by atoms with Crippen LogP contribution in [-0.4, -0.2) is 28.6 Å². The van der Waals surface area contributed by atoms with Crippen LogP contribution in [0.1, 0.15) is 12.6 Å². The van der Waals surface area contributed by atoms with Crippen LogP contribution in [0.3, 0.4) is 0 Å². The highest BCUT2D eigenvalue weighted by molar-refractivity contribution is 7.13. The molecule has 0 saturated heterocycles. The minimum absolute atomic E-state index is 0.0784. The van der Waals surface area contributed by atoms with Crippen molar-refractivity contribution >= 4 is 17.2 Å². The first kappa shape index (κ1) is 12.8. The Balaban J connectivity index is 1.97. The number of nitrogens with one attached hydrogen (secondary N) is 1. The molecule has 6 heteroatoms. The number of hydrogen-bond donors (Lipinski definition) is 2. The summed E-state index contributed by atoms with van der Waals surface area (Å²) in [6.45, 7) is 1.66. The Labute approximate surface area is 108 Å². The van der Waals surface area contributed by atoms with Crippen LogP contribution in [-0.2, 0) is 11.2 Å². The summed E-state index contributed by atoms with van der Waals surface area (Å²) in [5, 5.41) is 13.4. The third-order valence-corrected chi connectivity index (χ3v) is 3.16. The van der Waals surface area contributed by atoms with E-state index in [0.717, 1.165) is 4.88 Å². The van der Waals surface area contributed by atoms with Crippen molar-refractivity contribution in [2.24, 2.45) is 0 Å². The van der Waals surface area contributed by atoms with E-state index in [2.05, 4.69) is 10.3 Å². The number of rotatable bonds is 5. The largest absolute Gasteiger partial charge is 0.444 e. The van der Waals surface area contributed by atoms with E-state index in [1.54, 1.807) is 6.92 Å². The van der Waals surface area contributed by atoms with Crippen molar-refractivity contribution in [3.63, 3.8) is 0 Å². The average molecular weight is 266 g/mol. The van der Waals surface area contributed by atoms with Crippen LogP contribution in [0.25, 0.3) is 10.8 Å². The van der Waals surface area contributed by atoms with Gasteiger partial charge in [0, 0.05) is 6.04 Å². The first-order chi connectivity index (χ1) is 8.69. The van der Waals surface area contributed by atoms with Gasteiger partial charge >= 0.3 is 0 Å². The maximum absolute atomic E-state index is 11.6. The van der Waals surface area contributed by atoms with E-state index < -0.39 is 0 Å². The summed E-state index contributed by atoms with van der Waals surface area (Å²) < 4.78 is 5.31. The zero-order valence-corrected chi connectivity index (χ0v) is 10.7. The third-order valence-electron chi connectivity index (χ3n) is 2.31. The number of aliphatic hydroxyl groups excluding tert-OH is 1. The molecule has 2 N–H and O–H groups in total. The zero-order chi connectivity index (χ0) is 13.0. The predicted molar refractivity (Wildman–Crippen MR) is 68.2 cm³/mol. The fourth-order valence-corrected chi connectivity index (χ4v) is 2.09. The Morgan fingerprint density at radius 1 is 1.67 bits per heavy atom. The molecule has 1 unspecified atom stereocenters. The first-order valence-electron chi connectivity index (χ1n) is 5.57. The van der Waals surface area contributed by atoms with Gasteiger partial charge in [-0.25, -0.2) is 4.98 Å². The van der Waals surface area contributed by atoms with Crippen LogP contribution in [0.5, 0.6) is 0 Å². The Kier molecular flexibility index (Phi) is 4.11. The molecule has 0 aliphatic heterocycles. The minimum Gasteiger partial charge on any atom is -0.444 e. The summed E-state index contributed by atoms with van der Waals surface area (Å²) in [6.07, 6.45) is 1.64. The average Bonchev–Trinajstić information content (AvgIpc) is 2.98. The number of aliphatic hydroxyl groups is 1. The molecule has 2 rings (SSSR count). The highest BCUT2D eigenvalue weighted by Gasteiger charge is 2.12. The van der Waals surface area contributed by atoms with Gasteiger partial charge < -0.3 is 14.8 Å². The second-order valence-corrected chi connectivity index (χ2v) is 4.90. The summed E-state index contributed by atoms with van der Waals surface area (Å²) in [7, 11) is 0. The third kappa shape index (κ3) is 3.18. The lowest BCUT2D eigenvalue weighted by atomic mass is 10.3. The standard InChI is InChI=1S/C12H14N2O3S/c1-8(6-15)13-11(16)5-9-7-17-12(14-9)10-3-2-4-18-10/h2-4,7-8,15H,5-6H2,1H3,(H,13,16). The summed E-state index contributed by atoms with van der Waals surface area (Å²) in [4.78, 5) is 16.8. The summed E-state index contributed by atoms with van der Waals surface area (Å²) in [5.41, 5.74) is 0.584. The molecular weight excluding hydrogens is 252 g/mol. The maximum atomic E-state index is 11.6. The van der Waals surface area contributed by atoms with Crippen molar-refractivity contribution in [1.82, 2.24) is 10.3 Å². The van der Waals surface area contributed by atoms with Crippen molar-refractivity contribution in [1.29, 1.82) is 0 Å². The number of thiophene rings is 1. The Hall–Kier alpha value is -1.66. The maximum Gasteiger partial charge on any atom is 0.236 e. The quantitative estimate of drug-likeness (QED) is 0.858. The van der Waals surface area contributed by atoms with Crippen LogP contribution in [0.2, 0.25) is 0 Å². The van der Waals surface area contributed by atoms with Gasteiger partial charge in [0.25, 0.3) is 0 Å². The molecule has 0 aliphatic rings. The van der Waals surface area contributed by atoms with E-state index in [0.29, 0.717) is 11.6 Å². The lowest BCUT2D eigenvalue weighted by Gasteiger charge is -2.09.